The summed E-state index contributed by atoms with van der Waals surface area (Å²) in [6, 6.07) is 2.76. The van der Waals surface area contributed by atoms with E-state index in [1.165, 1.54) is 17.0 Å². The number of anilines is 1. The zero-order chi connectivity index (χ0) is 15.0. The topological polar surface area (TPSA) is 94.9 Å². The van der Waals surface area contributed by atoms with Crippen LogP contribution in [0, 0.1) is 5.92 Å². The van der Waals surface area contributed by atoms with E-state index < -0.39 is 17.9 Å². The van der Waals surface area contributed by atoms with Crippen molar-refractivity contribution in [3.63, 3.8) is 0 Å². The number of halogens is 2. The lowest BCUT2D eigenvalue weighted by Gasteiger charge is -2.20. The maximum absolute atomic E-state index is 11.9. The highest BCUT2D eigenvalue weighted by molar-refractivity contribution is 9.11. The minimum Gasteiger partial charge on any atom is -0.481 e. The molecule has 6 nitrogen and oxygen atoms in total. The van der Waals surface area contributed by atoms with Crippen LogP contribution in [0.5, 0.6) is 0 Å². The molecule has 0 aliphatic carbocycles. The number of carboxylic acid groups (broad SMARTS) is 2. The molecule has 1 unspecified atom stereocenters. The van der Waals surface area contributed by atoms with Gasteiger partial charge in [-0.3, -0.25) is 9.59 Å². The van der Waals surface area contributed by atoms with Crippen molar-refractivity contribution >= 4 is 55.4 Å². The second-order valence-corrected chi connectivity index (χ2v) is 6.05. The van der Waals surface area contributed by atoms with Gasteiger partial charge in [-0.25, -0.2) is 4.79 Å². The van der Waals surface area contributed by atoms with Gasteiger partial charge in [-0.2, -0.15) is 0 Å². The molecule has 1 aliphatic heterocycles. The minimum absolute atomic E-state index is 0.0606. The average Bonchev–Trinajstić information content (AvgIpc) is 2.70. The number of benzene rings is 1. The lowest BCUT2D eigenvalue weighted by atomic mass is 10.1. The molecule has 1 saturated heterocycles. The zero-order valence-corrected chi connectivity index (χ0v) is 13.1. The van der Waals surface area contributed by atoms with Crippen LogP contribution >= 0.6 is 31.9 Å². The van der Waals surface area contributed by atoms with Crippen molar-refractivity contribution in [2.75, 3.05) is 11.4 Å². The quantitative estimate of drug-likeness (QED) is 0.803. The summed E-state index contributed by atoms with van der Waals surface area (Å²) in [5.41, 5.74) is 0.512. The molecule has 20 heavy (non-hydrogen) atoms. The number of amides is 1. The average molecular weight is 407 g/mol. The lowest BCUT2D eigenvalue weighted by Crippen LogP contribution is -2.26. The summed E-state index contributed by atoms with van der Waals surface area (Å²) in [5, 5.41) is 17.9. The van der Waals surface area contributed by atoms with E-state index in [1.807, 2.05) is 0 Å². The van der Waals surface area contributed by atoms with Gasteiger partial charge in [-0.1, -0.05) is 0 Å². The van der Waals surface area contributed by atoms with Crippen LogP contribution in [0.25, 0.3) is 0 Å². The number of hydrogen-bond donors (Lipinski definition) is 2. The Labute approximate surface area is 130 Å². The molecule has 1 aromatic carbocycles. The molecule has 0 radical (unpaired) electrons. The summed E-state index contributed by atoms with van der Waals surface area (Å²) in [7, 11) is 0. The molecule has 0 spiro atoms. The first-order valence-electron chi connectivity index (χ1n) is 5.56. The summed E-state index contributed by atoms with van der Waals surface area (Å²) in [6.45, 7) is 0.0672. The highest BCUT2D eigenvalue weighted by Crippen LogP contribution is 2.38. The molecule has 1 aliphatic rings. The van der Waals surface area contributed by atoms with E-state index in [-0.39, 0.29) is 24.4 Å². The number of carbonyl (C=O) groups excluding carboxylic acids is 1. The van der Waals surface area contributed by atoms with Gasteiger partial charge in [-0.05, 0) is 44.0 Å². The van der Waals surface area contributed by atoms with Crippen molar-refractivity contribution in [3.05, 3.63) is 26.6 Å². The SMILES string of the molecule is O=C(O)c1cc(Br)c(N2CC(C(=O)O)CC2=O)c(Br)c1. The summed E-state index contributed by atoms with van der Waals surface area (Å²) >= 11 is 6.45. The highest BCUT2D eigenvalue weighted by atomic mass is 79.9. The summed E-state index contributed by atoms with van der Waals surface area (Å²) in [4.78, 5) is 35.2. The number of carbonyl (C=O) groups is 3. The maximum atomic E-state index is 11.9. The Kier molecular flexibility index (Phi) is 4.14. The molecule has 1 amide bonds. The lowest BCUT2D eigenvalue weighted by molar-refractivity contribution is -0.141. The zero-order valence-electron chi connectivity index (χ0n) is 9.97. The molecule has 0 bridgehead atoms. The maximum Gasteiger partial charge on any atom is 0.335 e. The van der Waals surface area contributed by atoms with Crippen molar-refractivity contribution in [2.45, 2.75) is 6.42 Å². The number of rotatable bonds is 3. The molecule has 106 valence electrons. The molecular formula is C12H9Br2NO5. The van der Waals surface area contributed by atoms with E-state index in [1.54, 1.807) is 0 Å². The van der Waals surface area contributed by atoms with Gasteiger partial charge in [0, 0.05) is 21.9 Å². The van der Waals surface area contributed by atoms with Gasteiger partial charge in [0.15, 0.2) is 0 Å². The van der Waals surface area contributed by atoms with E-state index in [0.29, 0.717) is 14.6 Å². The Morgan fingerprint density at radius 2 is 1.75 bits per heavy atom. The van der Waals surface area contributed by atoms with E-state index in [9.17, 15) is 14.4 Å². The minimum atomic E-state index is -1.09. The monoisotopic (exact) mass is 405 g/mol. The van der Waals surface area contributed by atoms with Crippen molar-refractivity contribution in [1.29, 1.82) is 0 Å². The molecular weight excluding hydrogens is 398 g/mol. The highest BCUT2D eigenvalue weighted by Gasteiger charge is 2.36. The van der Waals surface area contributed by atoms with Gasteiger partial charge >= 0.3 is 11.9 Å². The molecule has 0 saturated carbocycles. The molecule has 1 fully saturated rings. The third-order valence-corrected chi connectivity index (χ3v) is 4.22. The van der Waals surface area contributed by atoms with Crippen LogP contribution in [0.3, 0.4) is 0 Å². The van der Waals surface area contributed by atoms with Gasteiger partial charge in [-0.15, -0.1) is 0 Å². The molecule has 2 N–H and O–H groups in total. The van der Waals surface area contributed by atoms with Crippen LogP contribution in [0.1, 0.15) is 16.8 Å². The fraction of sp³-hybridized carbons (Fsp3) is 0.250. The summed E-state index contributed by atoms with van der Waals surface area (Å²) in [6.07, 6.45) is -0.0606. The molecule has 2 rings (SSSR count). The normalized spacial score (nSPS) is 18.4. The van der Waals surface area contributed by atoms with Gasteiger partial charge in [0.2, 0.25) is 5.91 Å². The Bertz CT molecular complexity index is 593. The van der Waals surface area contributed by atoms with Crippen LogP contribution < -0.4 is 4.90 Å². The fourth-order valence-electron chi connectivity index (χ4n) is 2.04. The smallest absolute Gasteiger partial charge is 0.335 e. The Balaban J connectivity index is 2.41. The molecule has 1 aromatic rings. The Morgan fingerprint density at radius 1 is 1.20 bits per heavy atom. The number of hydrogen-bond acceptors (Lipinski definition) is 3. The van der Waals surface area contributed by atoms with Crippen LogP contribution in [0.4, 0.5) is 5.69 Å². The number of nitrogens with zero attached hydrogens (tertiary/aromatic N) is 1. The van der Waals surface area contributed by atoms with E-state index in [4.69, 9.17) is 10.2 Å². The van der Waals surface area contributed by atoms with Gasteiger partial charge < -0.3 is 15.1 Å². The van der Waals surface area contributed by atoms with Crippen LogP contribution in [0.2, 0.25) is 0 Å². The number of aromatic carboxylic acids is 1. The predicted molar refractivity (Wildman–Crippen MR) is 76.9 cm³/mol. The van der Waals surface area contributed by atoms with E-state index in [0.717, 1.165) is 0 Å². The third-order valence-electron chi connectivity index (χ3n) is 3.01. The molecule has 1 atom stereocenters. The second-order valence-electron chi connectivity index (χ2n) is 4.34. The molecule has 8 heteroatoms. The largest absolute Gasteiger partial charge is 0.481 e. The van der Waals surface area contributed by atoms with Crippen molar-refractivity contribution in [1.82, 2.24) is 0 Å². The third kappa shape index (κ3) is 2.71. The number of aliphatic carboxylic acids is 1. The van der Waals surface area contributed by atoms with Gasteiger partial charge in [0.05, 0.1) is 17.2 Å². The van der Waals surface area contributed by atoms with Gasteiger partial charge in [0.25, 0.3) is 0 Å². The first-order chi connectivity index (χ1) is 9.31. The van der Waals surface area contributed by atoms with Crippen molar-refractivity contribution < 1.29 is 24.6 Å². The number of carboxylic acids is 2. The Hall–Kier alpha value is -1.41. The molecule has 1 heterocycles. The van der Waals surface area contributed by atoms with E-state index >= 15 is 0 Å². The standard InChI is InChI=1S/C12H9Br2NO5/c13-7-1-5(11(17)18)2-8(14)10(7)15-4-6(12(19)20)3-9(15)16/h1-2,6H,3-4H2,(H,17,18)(H,19,20). The summed E-state index contributed by atoms with van der Waals surface area (Å²) < 4.78 is 0.840. The van der Waals surface area contributed by atoms with Crippen molar-refractivity contribution in [2.24, 2.45) is 5.92 Å². The Morgan fingerprint density at radius 3 is 2.15 bits per heavy atom. The van der Waals surface area contributed by atoms with Crippen LogP contribution in [-0.2, 0) is 9.59 Å². The predicted octanol–water partition coefficient (Wildman–Crippen LogP) is 2.35. The van der Waals surface area contributed by atoms with E-state index in [2.05, 4.69) is 31.9 Å². The first-order valence-corrected chi connectivity index (χ1v) is 7.15. The molecule has 0 aromatic heterocycles. The van der Waals surface area contributed by atoms with Gasteiger partial charge in [0.1, 0.15) is 0 Å². The first kappa shape index (κ1) is 15.0. The fourth-order valence-corrected chi connectivity index (χ4v) is 3.65. The second kappa shape index (κ2) is 5.53. The van der Waals surface area contributed by atoms with Crippen LogP contribution in [0.15, 0.2) is 21.1 Å². The summed E-state index contributed by atoms with van der Waals surface area (Å²) in [5.74, 6) is -3.16. The van der Waals surface area contributed by atoms with Crippen LogP contribution in [-0.4, -0.2) is 34.6 Å². The van der Waals surface area contributed by atoms with Crippen molar-refractivity contribution in [3.8, 4) is 0 Å².